The van der Waals surface area contributed by atoms with Gasteiger partial charge in [0.05, 0.1) is 19.8 Å². The van der Waals surface area contributed by atoms with Gasteiger partial charge in [-0.05, 0) is 49.4 Å². The molecule has 136 valence electrons. The maximum atomic E-state index is 11.8. The fourth-order valence-electron chi connectivity index (χ4n) is 4.20. The Balaban J connectivity index is 1.26. The number of ether oxygens (including phenoxy) is 2. The highest BCUT2D eigenvalue weighted by molar-refractivity contribution is 5.80. The number of nitrogens with zero attached hydrogens (tertiary/aromatic N) is 1. The number of nitrogens with one attached hydrogen (secondary N) is 1. The van der Waals surface area contributed by atoms with Crippen molar-refractivity contribution >= 4 is 5.91 Å². The second-order valence-corrected chi connectivity index (χ2v) is 7.69. The van der Waals surface area contributed by atoms with Crippen LogP contribution in [0.15, 0.2) is 24.3 Å². The SMILES string of the molecule is COc1ccc(CN2CC[C@@H]3[C@@H](CO[C@@H]3CNC(=O)C3CC3)C2)cc1. The van der Waals surface area contributed by atoms with Crippen LogP contribution in [0.2, 0.25) is 0 Å². The van der Waals surface area contributed by atoms with Gasteiger partial charge in [0.25, 0.3) is 0 Å². The minimum absolute atomic E-state index is 0.204. The summed E-state index contributed by atoms with van der Waals surface area (Å²) < 4.78 is 11.2. The van der Waals surface area contributed by atoms with Crippen molar-refractivity contribution in [2.45, 2.75) is 31.9 Å². The van der Waals surface area contributed by atoms with Gasteiger partial charge in [-0.3, -0.25) is 9.69 Å². The van der Waals surface area contributed by atoms with Gasteiger partial charge >= 0.3 is 0 Å². The minimum atomic E-state index is 0.204. The molecule has 5 nitrogen and oxygen atoms in total. The molecule has 0 unspecified atom stereocenters. The van der Waals surface area contributed by atoms with Gasteiger partial charge in [0.15, 0.2) is 0 Å². The third-order valence-electron chi connectivity index (χ3n) is 5.87. The van der Waals surface area contributed by atoms with Crippen molar-refractivity contribution in [2.75, 3.05) is 33.4 Å². The summed E-state index contributed by atoms with van der Waals surface area (Å²) in [6.07, 6.45) is 3.48. The maximum Gasteiger partial charge on any atom is 0.223 e. The fraction of sp³-hybridized carbons (Fsp3) is 0.650. The second kappa shape index (κ2) is 7.34. The Bertz CT molecular complexity index is 599. The lowest BCUT2D eigenvalue weighted by molar-refractivity contribution is -0.122. The summed E-state index contributed by atoms with van der Waals surface area (Å²) in [5, 5.41) is 3.09. The lowest BCUT2D eigenvalue weighted by atomic mass is 9.84. The quantitative estimate of drug-likeness (QED) is 0.858. The van der Waals surface area contributed by atoms with Gasteiger partial charge in [-0.15, -0.1) is 0 Å². The average molecular weight is 344 g/mol. The zero-order chi connectivity index (χ0) is 17.2. The molecule has 25 heavy (non-hydrogen) atoms. The number of methoxy groups -OCH3 is 1. The van der Waals surface area contributed by atoms with Crippen molar-refractivity contribution in [1.82, 2.24) is 10.2 Å². The lowest BCUT2D eigenvalue weighted by Gasteiger charge is -2.35. The predicted molar refractivity (Wildman–Crippen MR) is 95.3 cm³/mol. The first-order valence-corrected chi connectivity index (χ1v) is 9.47. The molecule has 2 saturated heterocycles. The smallest absolute Gasteiger partial charge is 0.223 e. The van der Waals surface area contributed by atoms with Crippen LogP contribution in [0.1, 0.15) is 24.8 Å². The van der Waals surface area contributed by atoms with Crippen LogP contribution < -0.4 is 10.1 Å². The number of piperidine rings is 1. The molecule has 1 amide bonds. The van der Waals surface area contributed by atoms with Gasteiger partial charge in [-0.2, -0.15) is 0 Å². The number of carbonyl (C=O) groups excluding carboxylic acids is 1. The van der Waals surface area contributed by atoms with Crippen LogP contribution >= 0.6 is 0 Å². The first-order chi connectivity index (χ1) is 12.2. The number of hydrogen-bond acceptors (Lipinski definition) is 4. The first-order valence-electron chi connectivity index (χ1n) is 9.47. The van der Waals surface area contributed by atoms with Crippen LogP contribution in [0.25, 0.3) is 0 Å². The van der Waals surface area contributed by atoms with Crippen LogP contribution in [0, 0.1) is 17.8 Å². The number of amides is 1. The molecule has 3 fully saturated rings. The minimum Gasteiger partial charge on any atom is -0.497 e. The van der Waals surface area contributed by atoms with E-state index in [4.69, 9.17) is 9.47 Å². The molecule has 0 bridgehead atoms. The number of likely N-dealkylation sites (tertiary alicyclic amines) is 1. The number of rotatable bonds is 6. The van der Waals surface area contributed by atoms with E-state index in [1.165, 1.54) is 5.56 Å². The summed E-state index contributed by atoms with van der Waals surface area (Å²) >= 11 is 0. The van der Waals surface area contributed by atoms with E-state index in [0.717, 1.165) is 51.3 Å². The fourth-order valence-corrected chi connectivity index (χ4v) is 4.20. The van der Waals surface area contributed by atoms with Crippen LogP contribution in [0.3, 0.4) is 0 Å². The Morgan fingerprint density at radius 3 is 2.80 bits per heavy atom. The zero-order valence-electron chi connectivity index (χ0n) is 14.9. The average Bonchev–Trinajstić information content (AvgIpc) is 3.42. The first kappa shape index (κ1) is 16.9. The summed E-state index contributed by atoms with van der Waals surface area (Å²) in [5.41, 5.74) is 1.33. The highest BCUT2D eigenvalue weighted by Gasteiger charge is 2.41. The van der Waals surface area contributed by atoms with Crippen LogP contribution in [-0.2, 0) is 16.1 Å². The molecule has 0 radical (unpaired) electrons. The third kappa shape index (κ3) is 3.98. The van der Waals surface area contributed by atoms with E-state index in [-0.39, 0.29) is 17.9 Å². The molecule has 0 aromatic heterocycles. The number of benzene rings is 1. The van der Waals surface area contributed by atoms with Gasteiger partial charge in [-0.25, -0.2) is 0 Å². The van der Waals surface area contributed by atoms with Crippen molar-refractivity contribution < 1.29 is 14.3 Å². The Kier molecular flexibility index (Phi) is 4.95. The topological polar surface area (TPSA) is 50.8 Å². The molecule has 1 aromatic carbocycles. The highest BCUT2D eigenvalue weighted by atomic mass is 16.5. The molecule has 1 saturated carbocycles. The van der Waals surface area contributed by atoms with E-state index in [1.54, 1.807) is 7.11 Å². The summed E-state index contributed by atoms with van der Waals surface area (Å²) in [5.74, 6) is 2.59. The molecular formula is C20H28N2O3. The molecule has 1 aliphatic carbocycles. The van der Waals surface area contributed by atoms with E-state index in [1.807, 2.05) is 12.1 Å². The summed E-state index contributed by atoms with van der Waals surface area (Å²) in [6, 6.07) is 8.34. The third-order valence-corrected chi connectivity index (χ3v) is 5.87. The van der Waals surface area contributed by atoms with Crippen LogP contribution in [0.4, 0.5) is 0 Å². The van der Waals surface area contributed by atoms with Gasteiger partial charge in [-0.1, -0.05) is 12.1 Å². The standard InChI is InChI=1S/C20H28N2O3/c1-24-17-6-2-14(3-7-17)11-22-9-8-18-16(12-22)13-25-19(18)10-21-20(23)15-4-5-15/h2-3,6-7,15-16,18-19H,4-5,8-13H2,1H3,(H,21,23)/t16-,18-,19-/m1/s1. The number of carbonyl (C=O) groups is 1. The Morgan fingerprint density at radius 2 is 2.08 bits per heavy atom. The van der Waals surface area contributed by atoms with Crippen LogP contribution in [-0.4, -0.2) is 50.3 Å². The van der Waals surface area contributed by atoms with E-state index in [0.29, 0.717) is 18.4 Å². The van der Waals surface area contributed by atoms with E-state index in [9.17, 15) is 4.79 Å². The van der Waals surface area contributed by atoms with Gasteiger partial charge < -0.3 is 14.8 Å². The highest BCUT2D eigenvalue weighted by Crippen LogP contribution is 2.35. The van der Waals surface area contributed by atoms with Crippen LogP contribution in [0.5, 0.6) is 5.75 Å². The van der Waals surface area contributed by atoms with Crippen molar-refractivity contribution in [1.29, 1.82) is 0 Å². The normalized spacial score (nSPS) is 29.2. The van der Waals surface area contributed by atoms with Crippen molar-refractivity contribution in [3.05, 3.63) is 29.8 Å². The Hall–Kier alpha value is -1.59. The second-order valence-electron chi connectivity index (χ2n) is 7.69. The molecule has 3 atom stereocenters. The van der Waals surface area contributed by atoms with E-state index < -0.39 is 0 Å². The summed E-state index contributed by atoms with van der Waals surface area (Å²) in [6.45, 7) is 4.69. The van der Waals surface area contributed by atoms with Crippen molar-refractivity contribution in [3.8, 4) is 5.75 Å². The Labute approximate surface area is 149 Å². The molecule has 5 heteroatoms. The largest absolute Gasteiger partial charge is 0.497 e. The molecule has 1 aromatic rings. The molecule has 0 spiro atoms. The van der Waals surface area contributed by atoms with Gasteiger partial charge in [0.1, 0.15) is 5.75 Å². The summed E-state index contributed by atoms with van der Waals surface area (Å²) in [4.78, 5) is 14.4. The zero-order valence-corrected chi connectivity index (χ0v) is 14.9. The van der Waals surface area contributed by atoms with E-state index in [2.05, 4.69) is 22.3 Å². The monoisotopic (exact) mass is 344 g/mol. The molecule has 4 rings (SSSR count). The Morgan fingerprint density at radius 1 is 1.28 bits per heavy atom. The lowest BCUT2D eigenvalue weighted by Crippen LogP contribution is -2.43. The van der Waals surface area contributed by atoms with Crippen molar-refractivity contribution in [2.24, 2.45) is 17.8 Å². The maximum absolute atomic E-state index is 11.8. The molecule has 1 N–H and O–H groups in total. The van der Waals surface area contributed by atoms with Gasteiger partial charge in [0, 0.05) is 31.5 Å². The van der Waals surface area contributed by atoms with E-state index >= 15 is 0 Å². The number of hydrogen-bond donors (Lipinski definition) is 1. The van der Waals surface area contributed by atoms with Gasteiger partial charge in [0.2, 0.25) is 5.91 Å². The summed E-state index contributed by atoms with van der Waals surface area (Å²) in [7, 11) is 1.70. The molecule has 3 aliphatic rings. The molecule has 2 aliphatic heterocycles. The predicted octanol–water partition coefficient (Wildman–Crippen LogP) is 2.06. The van der Waals surface area contributed by atoms with Crippen molar-refractivity contribution in [3.63, 3.8) is 0 Å². The molecular weight excluding hydrogens is 316 g/mol. The number of fused-ring (bicyclic) bond motifs is 1. The molecule has 2 heterocycles.